The summed E-state index contributed by atoms with van der Waals surface area (Å²) in [5.41, 5.74) is 4.17. The van der Waals surface area contributed by atoms with Crippen molar-refractivity contribution in [1.29, 1.82) is 0 Å². The van der Waals surface area contributed by atoms with Crippen LogP contribution in [0.1, 0.15) is 54.3 Å². The number of unbranched alkanes of at least 4 members (excludes halogenated alkanes) is 3. The zero-order chi connectivity index (χ0) is 15.6. The molecule has 116 valence electrons. The van der Waals surface area contributed by atoms with E-state index in [9.17, 15) is 4.79 Å². The molecule has 1 N–H and O–H groups in total. The average Bonchev–Trinajstić information content (AvgIpc) is 3.09. The number of thiophene rings is 1. The number of rotatable bonds is 8. The van der Waals surface area contributed by atoms with Crippen LogP contribution in [-0.4, -0.2) is 16.6 Å². The standard InChI is InChI=1S/C17H21N3OS/c1-2-3-4-5-7-15(16-8-6-13-22-16)19-20-17(21)14-9-11-18-12-10-14/h6,8-13H,2-5,7H2,1H3,(H,20,21)/b19-15+. The highest BCUT2D eigenvalue weighted by atomic mass is 32.1. The second-order valence-corrected chi connectivity index (χ2v) is 5.97. The number of hydrogen-bond acceptors (Lipinski definition) is 4. The van der Waals surface area contributed by atoms with Gasteiger partial charge >= 0.3 is 0 Å². The third kappa shape index (κ3) is 5.07. The van der Waals surface area contributed by atoms with E-state index >= 15 is 0 Å². The maximum absolute atomic E-state index is 12.1. The summed E-state index contributed by atoms with van der Waals surface area (Å²) in [6.45, 7) is 2.20. The fourth-order valence-electron chi connectivity index (χ4n) is 2.08. The molecule has 2 aromatic rings. The Morgan fingerprint density at radius 1 is 1.23 bits per heavy atom. The molecule has 5 heteroatoms. The summed E-state index contributed by atoms with van der Waals surface area (Å²) in [6.07, 6.45) is 8.82. The van der Waals surface area contributed by atoms with E-state index in [1.165, 1.54) is 19.3 Å². The van der Waals surface area contributed by atoms with Crippen LogP contribution in [0.4, 0.5) is 0 Å². The Morgan fingerprint density at radius 3 is 2.73 bits per heavy atom. The number of aromatic nitrogens is 1. The molecule has 0 spiro atoms. The molecule has 0 atom stereocenters. The third-order valence-electron chi connectivity index (χ3n) is 3.31. The van der Waals surface area contributed by atoms with Gasteiger partial charge in [-0.05, 0) is 36.4 Å². The lowest BCUT2D eigenvalue weighted by atomic mass is 10.1. The highest BCUT2D eigenvalue weighted by Gasteiger charge is 2.08. The van der Waals surface area contributed by atoms with Crippen molar-refractivity contribution in [2.45, 2.75) is 39.0 Å². The molecule has 0 aliphatic rings. The van der Waals surface area contributed by atoms with Gasteiger partial charge in [-0.25, -0.2) is 5.43 Å². The molecule has 0 radical (unpaired) electrons. The minimum Gasteiger partial charge on any atom is -0.267 e. The smallest absolute Gasteiger partial charge is 0.267 e. The summed E-state index contributed by atoms with van der Waals surface area (Å²) in [6, 6.07) is 7.40. The Balaban J connectivity index is 2.00. The molecule has 0 aliphatic carbocycles. The van der Waals surface area contributed by atoms with Gasteiger partial charge < -0.3 is 0 Å². The predicted molar refractivity (Wildman–Crippen MR) is 91.3 cm³/mol. The summed E-state index contributed by atoms with van der Waals surface area (Å²) in [4.78, 5) is 17.1. The van der Waals surface area contributed by atoms with Crippen LogP contribution in [0.5, 0.6) is 0 Å². The molecule has 0 aromatic carbocycles. The molecule has 22 heavy (non-hydrogen) atoms. The SMILES string of the molecule is CCCCCC/C(=N\NC(=O)c1ccncc1)c1cccs1. The van der Waals surface area contributed by atoms with Gasteiger partial charge in [0.1, 0.15) is 0 Å². The normalized spacial score (nSPS) is 11.4. The molecule has 2 aromatic heterocycles. The number of pyridine rings is 1. The monoisotopic (exact) mass is 315 g/mol. The fraction of sp³-hybridized carbons (Fsp3) is 0.353. The quantitative estimate of drug-likeness (QED) is 0.450. The van der Waals surface area contributed by atoms with Crippen molar-refractivity contribution in [2.75, 3.05) is 0 Å². The van der Waals surface area contributed by atoms with Crippen LogP contribution in [0.2, 0.25) is 0 Å². The molecule has 2 heterocycles. The van der Waals surface area contributed by atoms with Gasteiger partial charge in [-0.15, -0.1) is 11.3 Å². The second-order valence-electron chi connectivity index (χ2n) is 5.02. The molecular formula is C17H21N3OS. The molecule has 4 nitrogen and oxygen atoms in total. The summed E-state index contributed by atoms with van der Waals surface area (Å²) in [5, 5.41) is 6.38. The molecule has 2 rings (SSSR count). The van der Waals surface area contributed by atoms with E-state index in [4.69, 9.17) is 0 Å². The minimum atomic E-state index is -0.204. The zero-order valence-electron chi connectivity index (χ0n) is 12.8. The predicted octanol–water partition coefficient (Wildman–Crippen LogP) is 4.25. The van der Waals surface area contributed by atoms with E-state index in [2.05, 4.69) is 22.4 Å². The topological polar surface area (TPSA) is 54.4 Å². The molecule has 1 amide bonds. The van der Waals surface area contributed by atoms with Crippen LogP contribution in [-0.2, 0) is 0 Å². The number of nitrogens with one attached hydrogen (secondary N) is 1. The maximum atomic E-state index is 12.1. The number of hydrazone groups is 1. The van der Waals surface area contributed by atoms with Gasteiger partial charge in [0.15, 0.2) is 0 Å². The Morgan fingerprint density at radius 2 is 2.05 bits per heavy atom. The summed E-state index contributed by atoms with van der Waals surface area (Å²) in [5.74, 6) is -0.204. The number of carbonyl (C=O) groups is 1. The van der Waals surface area contributed by atoms with E-state index < -0.39 is 0 Å². The van der Waals surface area contributed by atoms with Crippen molar-refractivity contribution < 1.29 is 4.79 Å². The zero-order valence-corrected chi connectivity index (χ0v) is 13.6. The van der Waals surface area contributed by atoms with Gasteiger partial charge in [-0.3, -0.25) is 9.78 Å². The molecule has 0 unspecified atom stereocenters. The molecule has 0 fully saturated rings. The molecule has 0 saturated carbocycles. The van der Waals surface area contributed by atoms with Gasteiger partial charge in [0.2, 0.25) is 0 Å². The van der Waals surface area contributed by atoms with Crippen molar-refractivity contribution in [3.05, 3.63) is 52.5 Å². The summed E-state index contributed by atoms with van der Waals surface area (Å²) < 4.78 is 0. The molecule has 0 saturated heterocycles. The number of amides is 1. The van der Waals surface area contributed by atoms with E-state index in [0.29, 0.717) is 5.56 Å². The van der Waals surface area contributed by atoms with Gasteiger partial charge in [-0.2, -0.15) is 5.10 Å². The Labute approximate surface area is 135 Å². The largest absolute Gasteiger partial charge is 0.271 e. The van der Waals surface area contributed by atoms with Crippen LogP contribution < -0.4 is 5.43 Å². The third-order valence-corrected chi connectivity index (χ3v) is 4.23. The van der Waals surface area contributed by atoms with Crippen molar-refractivity contribution in [3.63, 3.8) is 0 Å². The van der Waals surface area contributed by atoms with Crippen LogP contribution >= 0.6 is 11.3 Å². The fourth-order valence-corrected chi connectivity index (χ4v) is 2.83. The van der Waals surface area contributed by atoms with E-state index in [0.717, 1.165) is 23.4 Å². The lowest BCUT2D eigenvalue weighted by Gasteiger charge is -2.05. The second kappa shape index (κ2) is 9.10. The van der Waals surface area contributed by atoms with Crippen molar-refractivity contribution in [2.24, 2.45) is 5.10 Å². The van der Waals surface area contributed by atoms with E-state index in [1.807, 2.05) is 17.5 Å². The van der Waals surface area contributed by atoms with Gasteiger partial charge in [0.25, 0.3) is 5.91 Å². The van der Waals surface area contributed by atoms with E-state index in [-0.39, 0.29) is 5.91 Å². The first-order chi connectivity index (χ1) is 10.8. The van der Waals surface area contributed by atoms with Crippen molar-refractivity contribution in [3.8, 4) is 0 Å². The number of hydrogen-bond donors (Lipinski definition) is 1. The van der Waals surface area contributed by atoms with Crippen LogP contribution in [0.25, 0.3) is 0 Å². The summed E-state index contributed by atoms with van der Waals surface area (Å²) >= 11 is 1.65. The van der Waals surface area contributed by atoms with Crippen molar-refractivity contribution in [1.82, 2.24) is 10.4 Å². The van der Waals surface area contributed by atoms with Gasteiger partial charge in [0, 0.05) is 18.0 Å². The van der Waals surface area contributed by atoms with Crippen molar-refractivity contribution >= 4 is 23.0 Å². The highest BCUT2D eigenvalue weighted by molar-refractivity contribution is 7.12. The average molecular weight is 315 g/mol. The van der Waals surface area contributed by atoms with E-state index in [1.54, 1.807) is 35.9 Å². The Bertz CT molecular complexity index is 594. The molecular weight excluding hydrogens is 294 g/mol. The lowest BCUT2D eigenvalue weighted by molar-refractivity contribution is 0.0954. The van der Waals surface area contributed by atoms with Crippen LogP contribution in [0, 0.1) is 0 Å². The first-order valence-electron chi connectivity index (χ1n) is 7.62. The van der Waals surface area contributed by atoms with Crippen LogP contribution in [0.15, 0.2) is 47.1 Å². The van der Waals surface area contributed by atoms with Gasteiger partial charge in [-0.1, -0.05) is 32.3 Å². The minimum absolute atomic E-state index is 0.204. The Kier molecular flexibility index (Phi) is 6.77. The first kappa shape index (κ1) is 16.4. The lowest BCUT2D eigenvalue weighted by Crippen LogP contribution is -2.20. The highest BCUT2D eigenvalue weighted by Crippen LogP contribution is 2.15. The molecule has 0 bridgehead atoms. The molecule has 0 aliphatic heterocycles. The van der Waals surface area contributed by atoms with Gasteiger partial charge in [0.05, 0.1) is 10.6 Å². The number of carbonyl (C=O) groups excluding carboxylic acids is 1. The first-order valence-corrected chi connectivity index (χ1v) is 8.50. The summed E-state index contributed by atoms with van der Waals surface area (Å²) in [7, 11) is 0. The van der Waals surface area contributed by atoms with Crippen LogP contribution in [0.3, 0.4) is 0 Å². The number of nitrogens with zero attached hydrogens (tertiary/aromatic N) is 2. The maximum Gasteiger partial charge on any atom is 0.271 e. The Hall–Kier alpha value is -2.01.